The SMILES string of the molecule is COc1ccc(CCNC(=O)COC(=O)c2ccc(S(=O)(=O)N3CC(C)CC(C)C3)cc2)cc1OC. The van der Waals surface area contributed by atoms with E-state index in [0.717, 1.165) is 12.0 Å². The Kier molecular flexibility index (Phi) is 9.33. The van der Waals surface area contributed by atoms with E-state index in [2.05, 4.69) is 5.32 Å². The second-order valence-corrected chi connectivity index (χ2v) is 11.1. The van der Waals surface area contributed by atoms with E-state index in [1.165, 1.54) is 28.6 Å². The third-order valence-corrected chi connectivity index (χ3v) is 7.93. The Balaban J connectivity index is 1.48. The average molecular weight is 519 g/mol. The van der Waals surface area contributed by atoms with Gasteiger partial charge in [0.05, 0.1) is 24.7 Å². The first-order chi connectivity index (χ1) is 17.1. The zero-order chi connectivity index (χ0) is 26.3. The van der Waals surface area contributed by atoms with Crippen molar-refractivity contribution < 1.29 is 32.2 Å². The van der Waals surface area contributed by atoms with Crippen LogP contribution in [0.3, 0.4) is 0 Å². The van der Waals surface area contributed by atoms with E-state index in [1.807, 2.05) is 26.0 Å². The number of carbonyl (C=O) groups excluding carboxylic acids is 2. The molecule has 1 N–H and O–H groups in total. The lowest BCUT2D eigenvalue weighted by Crippen LogP contribution is -2.42. The van der Waals surface area contributed by atoms with Gasteiger partial charge in [-0.15, -0.1) is 0 Å². The molecule has 1 amide bonds. The average Bonchev–Trinajstić information content (AvgIpc) is 2.86. The standard InChI is InChI=1S/C26H34N2O7S/c1-18-13-19(2)16-28(15-18)36(31,32)22-8-6-21(7-9-22)26(30)35-17-25(29)27-12-11-20-5-10-23(33-3)24(14-20)34-4/h5-10,14,18-19H,11-13,15-17H2,1-4H3,(H,27,29). The fourth-order valence-corrected chi connectivity index (χ4v) is 6.04. The van der Waals surface area contributed by atoms with Crippen LogP contribution in [0.1, 0.15) is 36.2 Å². The summed E-state index contributed by atoms with van der Waals surface area (Å²) in [5.74, 6) is 0.684. The lowest BCUT2D eigenvalue weighted by molar-refractivity contribution is -0.124. The molecule has 9 nitrogen and oxygen atoms in total. The van der Waals surface area contributed by atoms with Crippen LogP contribution in [0.15, 0.2) is 47.4 Å². The highest BCUT2D eigenvalue weighted by Gasteiger charge is 2.31. The molecule has 10 heteroatoms. The normalized spacial score (nSPS) is 18.3. The highest BCUT2D eigenvalue weighted by Crippen LogP contribution is 2.28. The molecule has 1 heterocycles. The molecule has 0 spiro atoms. The Morgan fingerprint density at radius 3 is 2.22 bits per heavy atom. The molecule has 36 heavy (non-hydrogen) atoms. The molecule has 196 valence electrons. The van der Waals surface area contributed by atoms with Crippen molar-refractivity contribution in [3.05, 3.63) is 53.6 Å². The highest BCUT2D eigenvalue weighted by atomic mass is 32.2. The fraction of sp³-hybridized carbons (Fsp3) is 0.462. The number of piperidine rings is 1. The molecule has 2 aromatic carbocycles. The number of ether oxygens (including phenoxy) is 3. The minimum Gasteiger partial charge on any atom is -0.493 e. The Morgan fingerprint density at radius 1 is 0.972 bits per heavy atom. The van der Waals surface area contributed by atoms with E-state index in [4.69, 9.17) is 14.2 Å². The van der Waals surface area contributed by atoms with E-state index in [0.29, 0.717) is 49.4 Å². The predicted molar refractivity (Wildman–Crippen MR) is 135 cm³/mol. The number of benzene rings is 2. The van der Waals surface area contributed by atoms with Crippen LogP contribution < -0.4 is 14.8 Å². The van der Waals surface area contributed by atoms with Gasteiger partial charge in [-0.3, -0.25) is 4.79 Å². The van der Waals surface area contributed by atoms with Gasteiger partial charge in [0.15, 0.2) is 18.1 Å². The maximum absolute atomic E-state index is 13.0. The summed E-state index contributed by atoms with van der Waals surface area (Å²) in [5, 5.41) is 2.70. The van der Waals surface area contributed by atoms with Crippen molar-refractivity contribution in [3.8, 4) is 11.5 Å². The van der Waals surface area contributed by atoms with Gasteiger partial charge in [-0.1, -0.05) is 19.9 Å². The summed E-state index contributed by atoms with van der Waals surface area (Å²) in [4.78, 5) is 24.6. The van der Waals surface area contributed by atoms with Crippen molar-refractivity contribution in [3.63, 3.8) is 0 Å². The molecular weight excluding hydrogens is 484 g/mol. The second-order valence-electron chi connectivity index (χ2n) is 9.16. The summed E-state index contributed by atoms with van der Waals surface area (Å²) in [5.41, 5.74) is 1.13. The zero-order valence-electron chi connectivity index (χ0n) is 21.2. The van der Waals surface area contributed by atoms with Crippen molar-refractivity contribution in [1.29, 1.82) is 0 Å². The number of amides is 1. The van der Waals surface area contributed by atoms with Gasteiger partial charge in [0.1, 0.15) is 0 Å². The number of methoxy groups -OCH3 is 2. The van der Waals surface area contributed by atoms with Gasteiger partial charge >= 0.3 is 5.97 Å². The van der Waals surface area contributed by atoms with Gasteiger partial charge in [0.2, 0.25) is 10.0 Å². The van der Waals surface area contributed by atoms with Gasteiger partial charge in [0.25, 0.3) is 5.91 Å². The van der Waals surface area contributed by atoms with Crippen molar-refractivity contribution in [2.75, 3.05) is 40.5 Å². The van der Waals surface area contributed by atoms with Gasteiger partial charge in [-0.2, -0.15) is 4.31 Å². The predicted octanol–water partition coefficient (Wildman–Crippen LogP) is 2.89. The Morgan fingerprint density at radius 2 is 1.61 bits per heavy atom. The first-order valence-corrected chi connectivity index (χ1v) is 13.3. The Labute approximate surface area is 212 Å². The molecule has 1 fully saturated rings. The molecule has 3 rings (SSSR count). The first kappa shape index (κ1) is 27.5. The minimum atomic E-state index is -3.64. The molecule has 0 aromatic heterocycles. The van der Waals surface area contributed by atoms with E-state index in [-0.39, 0.29) is 10.5 Å². The molecule has 2 atom stereocenters. The summed E-state index contributed by atoms with van der Waals surface area (Å²) in [7, 11) is -0.519. The number of esters is 1. The molecule has 1 aliphatic rings. The smallest absolute Gasteiger partial charge is 0.338 e. The quantitative estimate of drug-likeness (QED) is 0.482. The number of carbonyl (C=O) groups is 2. The topological polar surface area (TPSA) is 111 Å². The number of nitrogens with one attached hydrogen (secondary N) is 1. The number of hydrogen-bond acceptors (Lipinski definition) is 7. The largest absolute Gasteiger partial charge is 0.493 e. The van der Waals surface area contributed by atoms with Crippen LogP contribution >= 0.6 is 0 Å². The van der Waals surface area contributed by atoms with Crippen LogP contribution in [0.5, 0.6) is 11.5 Å². The van der Waals surface area contributed by atoms with Crippen LogP contribution in [0.25, 0.3) is 0 Å². The summed E-state index contributed by atoms with van der Waals surface area (Å²) >= 11 is 0. The van der Waals surface area contributed by atoms with Crippen LogP contribution in [0, 0.1) is 11.8 Å². The molecule has 0 saturated carbocycles. The molecule has 2 aromatic rings. The zero-order valence-corrected chi connectivity index (χ0v) is 22.0. The highest BCUT2D eigenvalue weighted by molar-refractivity contribution is 7.89. The van der Waals surface area contributed by atoms with Crippen LogP contribution in [0.4, 0.5) is 0 Å². The number of rotatable bonds is 10. The number of nitrogens with zero attached hydrogens (tertiary/aromatic N) is 1. The molecular formula is C26H34N2O7S. The van der Waals surface area contributed by atoms with Crippen LogP contribution in [0.2, 0.25) is 0 Å². The first-order valence-electron chi connectivity index (χ1n) is 11.9. The minimum absolute atomic E-state index is 0.133. The third-order valence-electron chi connectivity index (χ3n) is 6.08. The van der Waals surface area contributed by atoms with E-state index in [9.17, 15) is 18.0 Å². The van der Waals surface area contributed by atoms with Gasteiger partial charge in [0, 0.05) is 19.6 Å². The summed E-state index contributed by atoms with van der Waals surface area (Å²) in [6, 6.07) is 11.1. The van der Waals surface area contributed by atoms with Crippen molar-refractivity contribution in [1.82, 2.24) is 9.62 Å². The maximum Gasteiger partial charge on any atom is 0.338 e. The maximum atomic E-state index is 13.0. The van der Waals surface area contributed by atoms with Crippen molar-refractivity contribution >= 4 is 21.9 Å². The van der Waals surface area contributed by atoms with Gasteiger partial charge < -0.3 is 19.5 Å². The van der Waals surface area contributed by atoms with E-state index >= 15 is 0 Å². The second kappa shape index (κ2) is 12.2. The number of hydrogen-bond donors (Lipinski definition) is 1. The summed E-state index contributed by atoms with van der Waals surface area (Å²) < 4.78 is 43.0. The lowest BCUT2D eigenvalue weighted by atomic mass is 9.94. The van der Waals surface area contributed by atoms with Crippen molar-refractivity contribution in [2.45, 2.75) is 31.6 Å². The van der Waals surface area contributed by atoms with Crippen LogP contribution in [-0.4, -0.2) is 65.1 Å². The summed E-state index contributed by atoms with van der Waals surface area (Å²) in [6.07, 6.45) is 1.56. The molecule has 1 saturated heterocycles. The fourth-order valence-electron chi connectivity index (χ4n) is 4.36. The Bertz CT molecular complexity index is 1160. The Hall–Kier alpha value is -3.11. The molecule has 0 radical (unpaired) electrons. The summed E-state index contributed by atoms with van der Waals surface area (Å²) in [6.45, 7) is 4.98. The monoisotopic (exact) mass is 518 g/mol. The molecule has 0 bridgehead atoms. The van der Waals surface area contributed by atoms with Gasteiger partial charge in [-0.05, 0) is 66.6 Å². The molecule has 0 aliphatic carbocycles. The third kappa shape index (κ3) is 6.98. The van der Waals surface area contributed by atoms with Gasteiger partial charge in [-0.25, -0.2) is 13.2 Å². The van der Waals surface area contributed by atoms with Crippen molar-refractivity contribution in [2.24, 2.45) is 11.8 Å². The van der Waals surface area contributed by atoms with Crippen LogP contribution in [-0.2, 0) is 26.0 Å². The lowest BCUT2D eigenvalue weighted by Gasteiger charge is -2.34. The molecule has 1 aliphatic heterocycles. The molecule has 2 unspecified atom stereocenters. The number of sulfonamides is 1. The van der Waals surface area contributed by atoms with E-state index in [1.54, 1.807) is 20.3 Å². The van der Waals surface area contributed by atoms with E-state index < -0.39 is 28.5 Å².